The first-order valence-electron chi connectivity index (χ1n) is 5.64. The minimum Gasteiger partial charge on any atom is -0.462 e. The van der Waals surface area contributed by atoms with Crippen molar-refractivity contribution in [1.82, 2.24) is 4.98 Å². The molecule has 19 heavy (non-hydrogen) atoms. The van der Waals surface area contributed by atoms with E-state index < -0.39 is 0 Å². The Kier molecular flexibility index (Phi) is 4.96. The first kappa shape index (κ1) is 14.5. The molecule has 100 valence electrons. The molecular weight excluding hydrogens is 350 g/mol. The number of ether oxygens (including phenoxy) is 1. The Morgan fingerprint density at radius 3 is 2.68 bits per heavy atom. The fourth-order valence-electron chi connectivity index (χ4n) is 1.51. The van der Waals surface area contributed by atoms with Crippen LogP contribution in [0.25, 0.3) is 10.6 Å². The molecule has 0 saturated heterocycles. The lowest BCUT2D eigenvalue weighted by molar-refractivity contribution is 0.0531. The van der Waals surface area contributed by atoms with Gasteiger partial charge >= 0.3 is 5.97 Å². The Labute approximate surface area is 128 Å². The highest BCUT2D eigenvalue weighted by Crippen LogP contribution is 2.30. The number of alkyl halides is 1. The largest absolute Gasteiger partial charge is 0.462 e. The average Bonchev–Trinajstić information content (AvgIpc) is 2.84. The van der Waals surface area contributed by atoms with Gasteiger partial charge in [0.2, 0.25) is 0 Å². The number of carbonyl (C=O) groups is 1. The zero-order valence-electron chi connectivity index (χ0n) is 10.2. The molecule has 1 aromatic carbocycles. The maximum Gasteiger partial charge on any atom is 0.350 e. The number of nitrogens with zero attached hydrogens (tertiary/aromatic N) is 1. The summed E-state index contributed by atoms with van der Waals surface area (Å²) >= 11 is 10.5. The van der Waals surface area contributed by atoms with Crippen molar-refractivity contribution < 1.29 is 9.53 Å². The highest BCUT2D eigenvalue weighted by atomic mass is 79.9. The topological polar surface area (TPSA) is 39.2 Å². The van der Waals surface area contributed by atoms with E-state index in [1.165, 1.54) is 11.3 Å². The highest BCUT2D eigenvalue weighted by molar-refractivity contribution is 9.08. The van der Waals surface area contributed by atoms with Crippen molar-refractivity contribution in [2.75, 3.05) is 6.61 Å². The smallest absolute Gasteiger partial charge is 0.350 e. The van der Waals surface area contributed by atoms with E-state index in [0.717, 1.165) is 10.6 Å². The molecule has 0 N–H and O–H groups in total. The van der Waals surface area contributed by atoms with Gasteiger partial charge in [0.1, 0.15) is 9.88 Å². The van der Waals surface area contributed by atoms with Gasteiger partial charge in [0, 0.05) is 15.9 Å². The number of thiazole rings is 1. The average molecular weight is 361 g/mol. The molecule has 0 fully saturated rings. The second-order valence-electron chi connectivity index (χ2n) is 3.66. The van der Waals surface area contributed by atoms with Gasteiger partial charge in [-0.25, -0.2) is 9.78 Å². The zero-order valence-corrected chi connectivity index (χ0v) is 13.3. The van der Waals surface area contributed by atoms with Crippen LogP contribution in [-0.4, -0.2) is 17.6 Å². The monoisotopic (exact) mass is 359 g/mol. The van der Waals surface area contributed by atoms with E-state index in [2.05, 4.69) is 20.9 Å². The molecule has 0 unspecified atom stereocenters. The maximum atomic E-state index is 11.8. The first-order valence-corrected chi connectivity index (χ1v) is 7.96. The lowest BCUT2D eigenvalue weighted by atomic mass is 10.2. The summed E-state index contributed by atoms with van der Waals surface area (Å²) < 4.78 is 5.03. The van der Waals surface area contributed by atoms with Gasteiger partial charge in [-0.2, -0.15) is 0 Å². The van der Waals surface area contributed by atoms with Crippen LogP contribution in [0.5, 0.6) is 0 Å². The van der Waals surface area contributed by atoms with Crippen molar-refractivity contribution in [3.05, 3.63) is 39.9 Å². The van der Waals surface area contributed by atoms with Gasteiger partial charge in [-0.3, -0.25) is 0 Å². The Morgan fingerprint density at radius 1 is 1.42 bits per heavy atom. The van der Waals surface area contributed by atoms with Crippen LogP contribution in [0.3, 0.4) is 0 Å². The number of benzene rings is 1. The van der Waals surface area contributed by atoms with Gasteiger partial charge in [0.25, 0.3) is 0 Å². The molecule has 1 heterocycles. The first-order chi connectivity index (χ1) is 9.15. The van der Waals surface area contributed by atoms with E-state index in [0.29, 0.717) is 27.5 Å². The summed E-state index contributed by atoms with van der Waals surface area (Å²) in [6.07, 6.45) is 0. The van der Waals surface area contributed by atoms with E-state index in [9.17, 15) is 4.79 Å². The Balaban J connectivity index is 2.38. The van der Waals surface area contributed by atoms with Gasteiger partial charge in [-0.15, -0.1) is 11.3 Å². The van der Waals surface area contributed by atoms with E-state index in [1.807, 2.05) is 12.1 Å². The number of hydrogen-bond acceptors (Lipinski definition) is 4. The van der Waals surface area contributed by atoms with E-state index in [1.54, 1.807) is 19.1 Å². The van der Waals surface area contributed by atoms with Crippen LogP contribution in [0.15, 0.2) is 24.3 Å². The fourth-order valence-corrected chi connectivity index (χ4v) is 3.21. The summed E-state index contributed by atoms with van der Waals surface area (Å²) in [6.45, 7) is 2.14. The summed E-state index contributed by atoms with van der Waals surface area (Å²) in [7, 11) is 0. The standard InChI is InChI=1S/C13H11BrClNO2S/c1-2-18-13(17)11-10(7-14)16-12(19-11)8-3-5-9(15)6-4-8/h3-6H,2,7H2,1H3. The van der Waals surface area contributed by atoms with Gasteiger partial charge in [0.15, 0.2) is 0 Å². The Hall–Kier alpha value is -0.910. The molecule has 3 nitrogen and oxygen atoms in total. The quantitative estimate of drug-likeness (QED) is 0.594. The van der Waals surface area contributed by atoms with Gasteiger partial charge in [-0.05, 0) is 19.1 Å². The second-order valence-corrected chi connectivity index (χ2v) is 5.65. The van der Waals surface area contributed by atoms with Crippen LogP contribution < -0.4 is 0 Å². The van der Waals surface area contributed by atoms with E-state index >= 15 is 0 Å². The molecule has 6 heteroatoms. The van der Waals surface area contributed by atoms with Crippen LogP contribution in [0, 0.1) is 0 Å². The van der Waals surface area contributed by atoms with Crippen molar-refractivity contribution in [3.8, 4) is 10.6 Å². The molecular formula is C13H11BrClNO2S. The summed E-state index contributed by atoms with van der Waals surface area (Å²) in [5, 5.41) is 1.98. The molecule has 1 aromatic heterocycles. The highest BCUT2D eigenvalue weighted by Gasteiger charge is 2.19. The number of carbonyl (C=O) groups excluding carboxylic acids is 1. The Morgan fingerprint density at radius 2 is 2.11 bits per heavy atom. The zero-order chi connectivity index (χ0) is 13.8. The maximum absolute atomic E-state index is 11.8. The predicted octanol–water partition coefficient (Wildman–Crippen LogP) is 4.54. The summed E-state index contributed by atoms with van der Waals surface area (Å²) in [4.78, 5) is 16.8. The number of halogens is 2. The molecule has 0 aliphatic carbocycles. The summed E-state index contributed by atoms with van der Waals surface area (Å²) in [5.41, 5.74) is 1.64. The van der Waals surface area contributed by atoms with Gasteiger partial charge in [-0.1, -0.05) is 39.7 Å². The number of hydrogen-bond donors (Lipinski definition) is 0. The minimum atomic E-state index is -0.324. The van der Waals surface area contributed by atoms with Crippen LogP contribution in [0.4, 0.5) is 0 Å². The molecule has 0 atom stereocenters. The van der Waals surface area contributed by atoms with Crippen molar-refractivity contribution in [3.63, 3.8) is 0 Å². The third kappa shape index (κ3) is 3.35. The van der Waals surface area contributed by atoms with Crippen molar-refractivity contribution in [2.45, 2.75) is 12.3 Å². The van der Waals surface area contributed by atoms with Gasteiger partial charge in [0.05, 0.1) is 12.3 Å². The molecule has 0 aliphatic rings. The van der Waals surface area contributed by atoms with Crippen molar-refractivity contribution in [2.24, 2.45) is 0 Å². The molecule has 2 rings (SSSR count). The second kappa shape index (κ2) is 6.50. The van der Waals surface area contributed by atoms with Crippen LogP contribution in [0.1, 0.15) is 22.3 Å². The van der Waals surface area contributed by atoms with Crippen LogP contribution in [-0.2, 0) is 10.1 Å². The lowest BCUT2D eigenvalue weighted by Gasteiger charge is -1.98. The molecule has 0 spiro atoms. The van der Waals surface area contributed by atoms with Crippen LogP contribution >= 0.6 is 38.9 Å². The third-order valence-corrected chi connectivity index (χ3v) is 4.29. The molecule has 0 bridgehead atoms. The molecule has 0 radical (unpaired) electrons. The predicted molar refractivity (Wildman–Crippen MR) is 81.1 cm³/mol. The van der Waals surface area contributed by atoms with Crippen molar-refractivity contribution in [1.29, 1.82) is 0 Å². The summed E-state index contributed by atoms with van der Waals surface area (Å²) in [5.74, 6) is -0.324. The fraction of sp³-hybridized carbons (Fsp3) is 0.231. The number of rotatable bonds is 4. The Bertz CT molecular complexity index is 583. The number of esters is 1. The SMILES string of the molecule is CCOC(=O)c1sc(-c2ccc(Cl)cc2)nc1CBr. The number of aromatic nitrogens is 1. The van der Waals surface area contributed by atoms with Gasteiger partial charge < -0.3 is 4.74 Å². The van der Waals surface area contributed by atoms with E-state index in [-0.39, 0.29) is 5.97 Å². The van der Waals surface area contributed by atoms with Crippen LogP contribution in [0.2, 0.25) is 5.02 Å². The molecule has 0 aliphatic heterocycles. The molecule has 0 amide bonds. The van der Waals surface area contributed by atoms with Crippen molar-refractivity contribution >= 4 is 44.8 Å². The molecule has 2 aromatic rings. The lowest BCUT2D eigenvalue weighted by Crippen LogP contribution is -2.04. The minimum absolute atomic E-state index is 0.324. The summed E-state index contributed by atoms with van der Waals surface area (Å²) in [6, 6.07) is 7.37. The normalized spacial score (nSPS) is 10.5. The van der Waals surface area contributed by atoms with E-state index in [4.69, 9.17) is 16.3 Å². The molecule has 0 saturated carbocycles. The third-order valence-electron chi connectivity index (χ3n) is 2.38.